The summed E-state index contributed by atoms with van der Waals surface area (Å²) in [6.07, 6.45) is 0. The van der Waals surface area contributed by atoms with E-state index in [0.717, 1.165) is 11.0 Å². The normalized spacial score (nSPS) is 18.7. The lowest BCUT2D eigenvalue weighted by molar-refractivity contribution is 0.00578. The van der Waals surface area contributed by atoms with E-state index in [4.69, 9.17) is 14.0 Å². The van der Waals surface area contributed by atoms with E-state index in [9.17, 15) is 4.39 Å². The van der Waals surface area contributed by atoms with Crippen molar-refractivity contribution in [2.45, 2.75) is 45.8 Å². The highest BCUT2D eigenvalue weighted by Gasteiger charge is 2.51. The molecule has 3 nitrogen and oxygen atoms in total. The van der Waals surface area contributed by atoms with Gasteiger partial charge in [0.05, 0.1) is 11.2 Å². The topological polar surface area (TPSA) is 27.7 Å². The van der Waals surface area contributed by atoms with Gasteiger partial charge in [-0.15, -0.1) is 0 Å². The Labute approximate surface area is 142 Å². The van der Waals surface area contributed by atoms with Crippen LogP contribution in [0.3, 0.4) is 0 Å². The van der Waals surface area contributed by atoms with Crippen LogP contribution in [0.2, 0.25) is 0 Å². The molecule has 0 unspecified atom stereocenters. The van der Waals surface area contributed by atoms with Gasteiger partial charge in [0, 0.05) is 0 Å². The first-order chi connectivity index (χ1) is 11.2. The predicted molar refractivity (Wildman–Crippen MR) is 93.4 cm³/mol. The second-order valence-corrected chi connectivity index (χ2v) is 7.17. The molecule has 2 aromatic rings. The Morgan fingerprint density at radius 3 is 2.04 bits per heavy atom. The number of hydrogen-bond acceptors (Lipinski definition) is 3. The molecule has 0 aromatic heterocycles. The Morgan fingerprint density at radius 1 is 0.917 bits per heavy atom. The zero-order valence-electron chi connectivity index (χ0n) is 14.7. The lowest BCUT2D eigenvalue weighted by Crippen LogP contribution is -2.41. The summed E-state index contributed by atoms with van der Waals surface area (Å²) < 4.78 is 31.0. The van der Waals surface area contributed by atoms with Gasteiger partial charge in [-0.1, -0.05) is 12.1 Å². The van der Waals surface area contributed by atoms with Crippen molar-refractivity contribution in [3.8, 4) is 11.5 Å². The van der Waals surface area contributed by atoms with Crippen LogP contribution in [0, 0.1) is 12.7 Å². The highest BCUT2D eigenvalue weighted by molar-refractivity contribution is 6.62. The molecule has 3 rings (SSSR count). The summed E-state index contributed by atoms with van der Waals surface area (Å²) in [5, 5.41) is 0. The molecule has 1 saturated heterocycles. The number of ether oxygens (including phenoxy) is 1. The number of hydrogen-bond donors (Lipinski definition) is 0. The van der Waals surface area contributed by atoms with Gasteiger partial charge in [0.25, 0.3) is 0 Å². The second-order valence-electron chi connectivity index (χ2n) is 7.17. The molecule has 1 heterocycles. The molecule has 0 atom stereocenters. The highest BCUT2D eigenvalue weighted by Crippen LogP contribution is 2.36. The third-order valence-electron chi connectivity index (χ3n) is 4.77. The van der Waals surface area contributed by atoms with E-state index in [0.29, 0.717) is 11.5 Å². The minimum Gasteiger partial charge on any atom is -0.457 e. The summed E-state index contributed by atoms with van der Waals surface area (Å²) in [5.41, 5.74) is 0.970. The molecule has 126 valence electrons. The number of rotatable bonds is 3. The standard InChI is InChI=1S/C19H22BFO3/c1-13-12-15(21)8-11-17(13)22-16-9-6-14(7-10-16)20-23-18(2,3)19(4,5)24-20/h6-12H,1-5H3. The lowest BCUT2D eigenvalue weighted by atomic mass is 9.79. The molecule has 1 aliphatic rings. The van der Waals surface area contributed by atoms with E-state index >= 15 is 0 Å². The fourth-order valence-electron chi connectivity index (χ4n) is 2.53. The Morgan fingerprint density at radius 2 is 1.50 bits per heavy atom. The third-order valence-corrected chi connectivity index (χ3v) is 4.77. The molecule has 0 spiro atoms. The van der Waals surface area contributed by atoms with E-state index in [-0.39, 0.29) is 17.0 Å². The smallest absolute Gasteiger partial charge is 0.457 e. The van der Waals surface area contributed by atoms with Crippen LogP contribution in [-0.4, -0.2) is 18.3 Å². The summed E-state index contributed by atoms with van der Waals surface area (Å²) in [6.45, 7) is 9.93. The van der Waals surface area contributed by atoms with Gasteiger partial charge in [-0.05, 0) is 76.0 Å². The van der Waals surface area contributed by atoms with Gasteiger partial charge in [-0.25, -0.2) is 4.39 Å². The average molecular weight is 328 g/mol. The third kappa shape index (κ3) is 3.19. The maximum Gasteiger partial charge on any atom is 0.494 e. The Bertz CT molecular complexity index is 725. The van der Waals surface area contributed by atoms with Crippen LogP contribution >= 0.6 is 0 Å². The molecule has 1 fully saturated rings. The van der Waals surface area contributed by atoms with Crippen molar-refractivity contribution in [1.29, 1.82) is 0 Å². The minimum atomic E-state index is -0.392. The molecular weight excluding hydrogens is 306 g/mol. The first-order valence-electron chi connectivity index (χ1n) is 8.07. The van der Waals surface area contributed by atoms with E-state index in [1.807, 2.05) is 58.9 Å². The van der Waals surface area contributed by atoms with Gasteiger partial charge in [-0.3, -0.25) is 0 Å². The monoisotopic (exact) mass is 328 g/mol. The molecular formula is C19H22BFO3. The van der Waals surface area contributed by atoms with Gasteiger partial charge in [-0.2, -0.15) is 0 Å². The van der Waals surface area contributed by atoms with Gasteiger partial charge in [0.15, 0.2) is 0 Å². The Kier molecular flexibility index (Phi) is 4.18. The first kappa shape index (κ1) is 17.0. The molecule has 0 amide bonds. The molecule has 0 radical (unpaired) electrons. The Hall–Kier alpha value is -1.85. The van der Waals surface area contributed by atoms with Gasteiger partial charge >= 0.3 is 7.12 Å². The summed E-state index contributed by atoms with van der Waals surface area (Å²) in [6, 6.07) is 12.1. The van der Waals surface area contributed by atoms with Crippen molar-refractivity contribution in [3.05, 3.63) is 53.8 Å². The fraction of sp³-hybridized carbons (Fsp3) is 0.368. The van der Waals surface area contributed by atoms with Crippen LogP contribution < -0.4 is 10.2 Å². The molecule has 0 aliphatic carbocycles. The number of benzene rings is 2. The molecule has 1 aliphatic heterocycles. The highest BCUT2D eigenvalue weighted by atomic mass is 19.1. The average Bonchev–Trinajstić information content (AvgIpc) is 2.71. The van der Waals surface area contributed by atoms with Crippen molar-refractivity contribution in [1.82, 2.24) is 0 Å². The fourth-order valence-corrected chi connectivity index (χ4v) is 2.53. The zero-order valence-corrected chi connectivity index (χ0v) is 14.7. The molecule has 0 N–H and O–H groups in total. The largest absolute Gasteiger partial charge is 0.494 e. The molecule has 5 heteroatoms. The summed E-state index contributed by atoms with van der Waals surface area (Å²) in [7, 11) is -0.392. The molecule has 0 bridgehead atoms. The van der Waals surface area contributed by atoms with Crippen LogP contribution in [0.4, 0.5) is 4.39 Å². The molecule has 2 aromatic carbocycles. The van der Waals surface area contributed by atoms with Crippen molar-refractivity contribution < 1.29 is 18.4 Å². The van der Waals surface area contributed by atoms with E-state index in [1.54, 1.807) is 6.07 Å². The van der Waals surface area contributed by atoms with Gasteiger partial charge < -0.3 is 14.0 Å². The predicted octanol–water partition coefficient (Wildman–Crippen LogP) is 4.23. The van der Waals surface area contributed by atoms with Crippen molar-refractivity contribution in [2.24, 2.45) is 0 Å². The number of halogens is 1. The van der Waals surface area contributed by atoms with Crippen molar-refractivity contribution in [3.63, 3.8) is 0 Å². The number of aryl methyl sites for hydroxylation is 1. The quantitative estimate of drug-likeness (QED) is 0.790. The van der Waals surface area contributed by atoms with Crippen molar-refractivity contribution in [2.75, 3.05) is 0 Å². The first-order valence-corrected chi connectivity index (χ1v) is 8.07. The summed E-state index contributed by atoms with van der Waals surface area (Å²) in [4.78, 5) is 0. The van der Waals surface area contributed by atoms with E-state index < -0.39 is 7.12 Å². The van der Waals surface area contributed by atoms with Gasteiger partial charge in [0.2, 0.25) is 0 Å². The SMILES string of the molecule is Cc1cc(F)ccc1Oc1ccc(B2OC(C)(C)C(C)(C)O2)cc1. The van der Waals surface area contributed by atoms with Crippen LogP contribution in [0.15, 0.2) is 42.5 Å². The van der Waals surface area contributed by atoms with Gasteiger partial charge in [0.1, 0.15) is 17.3 Å². The molecule has 24 heavy (non-hydrogen) atoms. The maximum absolute atomic E-state index is 13.2. The zero-order chi connectivity index (χ0) is 17.5. The second kappa shape index (κ2) is 5.90. The molecule has 0 saturated carbocycles. The van der Waals surface area contributed by atoms with Crippen LogP contribution in [-0.2, 0) is 9.31 Å². The lowest BCUT2D eigenvalue weighted by Gasteiger charge is -2.32. The van der Waals surface area contributed by atoms with Crippen LogP contribution in [0.5, 0.6) is 11.5 Å². The summed E-state index contributed by atoms with van der Waals surface area (Å²) in [5.74, 6) is 1.06. The Balaban J connectivity index is 1.75. The summed E-state index contributed by atoms with van der Waals surface area (Å²) >= 11 is 0. The van der Waals surface area contributed by atoms with Crippen molar-refractivity contribution >= 4 is 12.6 Å². The van der Waals surface area contributed by atoms with E-state index in [1.165, 1.54) is 12.1 Å². The minimum absolute atomic E-state index is 0.268. The van der Waals surface area contributed by atoms with Crippen LogP contribution in [0.1, 0.15) is 33.3 Å². The van der Waals surface area contributed by atoms with E-state index in [2.05, 4.69) is 0 Å². The van der Waals surface area contributed by atoms with Crippen LogP contribution in [0.25, 0.3) is 0 Å². The maximum atomic E-state index is 13.2.